The summed E-state index contributed by atoms with van der Waals surface area (Å²) in [6, 6.07) is 1.95. The Labute approximate surface area is 110 Å². The van der Waals surface area contributed by atoms with Crippen LogP contribution in [0.25, 0.3) is 0 Å². The Morgan fingerprint density at radius 2 is 2.11 bits per heavy atom. The van der Waals surface area contributed by atoms with Gasteiger partial charge in [0.15, 0.2) is 5.82 Å². The van der Waals surface area contributed by atoms with E-state index in [2.05, 4.69) is 10.4 Å². The van der Waals surface area contributed by atoms with E-state index in [0.717, 1.165) is 23.7 Å². The number of nitrogen functional groups attached to an aromatic ring is 1. The van der Waals surface area contributed by atoms with E-state index >= 15 is 0 Å². The van der Waals surface area contributed by atoms with Crippen molar-refractivity contribution < 1.29 is 8.78 Å². The predicted molar refractivity (Wildman–Crippen MR) is 70.7 cm³/mol. The Bertz CT molecular complexity index is 593. The van der Waals surface area contributed by atoms with Gasteiger partial charge in [-0.1, -0.05) is 6.92 Å². The highest BCUT2D eigenvalue weighted by atomic mass is 19.1. The van der Waals surface area contributed by atoms with E-state index in [1.54, 1.807) is 4.68 Å². The van der Waals surface area contributed by atoms with Gasteiger partial charge in [-0.25, -0.2) is 8.78 Å². The summed E-state index contributed by atoms with van der Waals surface area (Å²) in [4.78, 5) is 0. The minimum Gasteiger partial charge on any atom is -0.395 e. The van der Waals surface area contributed by atoms with Crippen LogP contribution in [0.5, 0.6) is 0 Å². The van der Waals surface area contributed by atoms with Crippen LogP contribution in [0.1, 0.15) is 18.2 Å². The highest BCUT2D eigenvalue weighted by molar-refractivity contribution is 5.66. The zero-order valence-electron chi connectivity index (χ0n) is 10.9. The molecule has 4 nitrogen and oxygen atoms in total. The normalized spacial score (nSPS) is 10.7. The first-order valence-electron chi connectivity index (χ1n) is 6.01. The molecule has 0 fully saturated rings. The maximum absolute atomic E-state index is 13.3. The molecule has 6 heteroatoms. The highest BCUT2D eigenvalue weighted by Gasteiger charge is 2.10. The minimum absolute atomic E-state index is 0.0802. The summed E-state index contributed by atoms with van der Waals surface area (Å²) in [5.41, 5.74) is 7.67. The third-order valence-electron chi connectivity index (χ3n) is 2.89. The zero-order chi connectivity index (χ0) is 14.0. The van der Waals surface area contributed by atoms with Crippen LogP contribution >= 0.6 is 0 Å². The Balaban J connectivity index is 2.18. The van der Waals surface area contributed by atoms with Crippen LogP contribution in [0, 0.1) is 11.6 Å². The SMILES string of the molecule is CCc1nn(C)cc1CNc1cc(F)cc(F)c1N. The second kappa shape index (κ2) is 5.26. The fourth-order valence-corrected chi connectivity index (χ4v) is 1.95. The van der Waals surface area contributed by atoms with Crippen LogP contribution < -0.4 is 11.1 Å². The number of halogens is 2. The quantitative estimate of drug-likeness (QED) is 0.836. The largest absolute Gasteiger partial charge is 0.395 e. The average Bonchev–Trinajstić information content (AvgIpc) is 2.72. The van der Waals surface area contributed by atoms with Crippen molar-refractivity contribution in [3.63, 3.8) is 0 Å². The first kappa shape index (κ1) is 13.3. The molecule has 0 spiro atoms. The molecule has 1 aromatic heterocycles. The number of benzene rings is 1. The van der Waals surface area contributed by atoms with Gasteiger partial charge in [0.25, 0.3) is 0 Å². The molecule has 0 unspecified atom stereocenters. The van der Waals surface area contributed by atoms with Crippen molar-refractivity contribution in [2.75, 3.05) is 11.1 Å². The van der Waals surface area contributed by atoms with Crippen molar-refractivity contribution in [2.24, 2.45) is 7.05 Å². The molecule has 102 valence electrons. The molecule has 0 saturated heterocycles. The number of nitrogens with one attached hydrogen (secondary N) is 1. The lowest BCUT2D eigenvalue weighted by Crippen LogP contribution is -2.05. The van der Waals surface area contributed by atoms with Gasteiger partial charge in [-0.2, -0.15) is 5.10 Å². The number of nitrogens with two attached hydrogens (primary N) is 1. The number of aromatic nitrogens is 2. The van der Waals surface area contributed by atoms with Gasteiger partial charge in [-0.15, -0.1) is 0 Å². The molecule has 2 rings (SSSR count). The molecule has 0 radical (unpaired) electrons. The topological polar surface area (TPSA) is 55.9 Å². The maximum atomic E-state index is 13.3. The molecule has 0 amide bonds. The van der Waals surface area contributed by atoms with Gasteiger partial charge < -0.3 is 11.1 Å². The third-order valence-corrected chi connectivity index (χ3v) is 2.89. The predicted octanol–water partition coefficient (Wildman–Crippen LogP) is 2.46. The molecule has 1 heterocycles. The minimum atomic E-state index is -0.760. The van der Waals surface area contributed by atoms with E-state index in [9.17, 15) is 8.78 Å². The van der Waals surface area contributed by atoms with Crippen molar-refractivity contribution in [3.05, 3.63) is 41.2 Å². The number of hydrogen-bond donors (Lipinski definition) is 2. The molecular formula is C13H16F2N4. The Morgan fingerprint density at radius 1 is 1.37 bits per heavy atom. The van der Waals surface area contributed by atoms with Gasteiger partial charge in [-0.05, 0) is 12.5 Å². The number of nitrogens with zero attached hydrogens (tertiary/aromatic N) is 2. The Hall–Kier alpha value is -2.11. The molecule has 2 aromatic rings. The number of aryl methyl sites for hydroxylation is 2. The van der Waals surface area contributed by atoms with Gasteiger partial charge >= 0.3 is 0 Å². The standard InChI is InChI=1S/C13H16F2N4/c1-3-11-8(7-19(2)18-11)6-17-12-5-9(14)4-10(15)13(12)16/h4-5,7,17H,3,6,16H2,1-2H3. The Kier molecular flexibility index (Phi) is 3.69. The van der Waals surface area contributed by atoms with Crippen molar-refractivity contribution >= 4 is 11.4 Å². The zero-order valence-corrected chi connectivity index (χ0v) is 10.9. The molecule has 0 atom stereocenters. The van der Waals surface area contributed by atoms with E-state index in [-0.39, 0.29) is 11.4 Å². The van der Waals surface area contributed by atoms with E-state index in [0.29, 0.717) is 6.54 Å². The second-order valence-corrected chi connectivity index (χ2v) is 4.33. The average molecular weight is 266 g/mol. The van der Waals surface area contributed by atoms with Crippen LogP contribution in [0.15, 0.2) is 18.3 Å². The van der Waals surface area contributed by atoms with Gasteiger partial charge in [-0.3, -0.25) is 4.68 Å². The lowest BCUT2D eigenvalue weighted by molar-refractivity contribution is 0.587. The maximum Gasteiger partial charge on any atom is 0.151 e. The first-order valence-corrected chi connectivity index (χ1v) is 6.01. The van der Waals surface area contributed by atoms with Crippen LogP contribution in [0.2, 0.25) is 0 Å². The van der Waals surface area contributed by atoms with E-state index in [1.807, 2.05) is 20.2 Å². The molecule has 0 aliphatic heterocycles. The lowest BCUT2D eigenvalue weighted by atomic mass is 10.2. The van der Waals surface area contributed by atoms with E-state index in [4.69, 9.17) is 5.73 Å². The van der Waals surface area contributed by atoms with Crippen molar-refractivity contribution in [3.8, 4) is 0 Å². The van der Waals surface area contributed by atoms with Crippen molar-refractivity contribution in [2.45, 2.75) is 19.9 Å². The van der Waals surface area contributed by atoms with Crippen molar-refractivity contribution in [1.29, 1.82) is 0 Å². The second-order valence-electron chi connectivity index (χ2n) is 4.33. The molecular weight excluding hydrogens is 250 g/mol. The fourth-order valence-electron chi connectivity index (χ4n) is 1.95. The molecule has 3 N–H and O–H groups in total. The van der Waals surface area contributed by atoms with Crippen LogP contribution in [0.3, 0.4) is 0 Å². The molecule has 1 aromatic carbocycles. The number of anilines is 2. The highest BCUT2D eigenvalue weighted by Crippen LogP contribution is 2.24. The molecule has 0 saturated carbocycles. The first-order chi connectivity index (χ1) is 9.01. The Morgan fingerprint density at radius 3 is 2.79 bits per heavy atom. The van der Waals surface area contributed by atoms with Crippen LogP contribution in [0.4, 0.5) is 20.2 Å². The summed E-state index contributed by atoms with van der Waals surface area (Å²) < 4.78 is 28.1. The lowest BCUT2D eigenvalue weighted by Gasteiger charge is -2.10. The monoisotopic (exact) mass is 266 g/mol. The summed E-state index contributed by atoms with van der Waals surface area (Å²) in [5, 5.41) is 7.24. The third kappa shape index (κ3) is 2.83. The molecule has 0 aliphatic rings. The van der Waals surface area contributed by atoms with Gasteiger partial charge in [0, 0.05) is 31.4 Å². The van der Waals surface area contributed by atoms with Gasteiger partial charge in [0.2, 0.25) is 0 Å². The molecule has 0 bridgehead atoms. The van der Waals surface area contributed by atoms with E-state index in [1.165, 1.54) is 6.07 Å². The summed E-state index contributed by atoms with van der Waals surface area (Å²) in [5.74, 6) is -1.42. The summed E-state index contributed by atoms with van der Waals surface area (Å²) in [7, 11) is 1.83. The molecule has 0 aliphatic carbocycles. The van der Waals surface area contributed by atoms with Crippen LogP contribution in [-0.4, -0.2) is 9.78 Å². The smallest absolute Gasteiger partial charge is 0.151 e. The fraction of sp³-hybridized carbons (Fsp3) is 0.308. The van der Waals surface area contributed by atoms with Gasteiger partial charge in [0.1, 0.15) is 5.82 Å². The summed E-state index contributed by atoms with van der Waals surface area (Å²) >= 11 is 0. The van der Waals surface area contributed by atoms with Crippen molar-refractivity contribution in [1.82, 2.24) is 9.78 Å². The number of rotatable bonds is 4. The number of hydrogen-bond acceptors (Lipinski definition) is 3. The van der Waals surface area contributed by atoms with Gasteiger partial charge in [0.05, 0.1) is 17.1 Å². The van der Waals surface area contributed by atoms with Crippen LogP contribution in [-0.2, 0) is 20.0 Å². The molecule has 19 heavy (non-hydrogen) atoms. The summed E-state index contributed by atoms with van der Waals surface area (Å²) in [6.45, 7) is 2.42. The summed E-state index contributed by atoms with van der Waals surface area (Å²) in [6.07, 6.45) is 2.67. The van der Waals surface area contributed by atoms with E-state index < -0.39 is 11.6 Å².